The van der Waals surface area contributed by atoms with Crippen LogP contribution in [0, 0.1) is 0 Å². The molecule has 0 fully saturated rings. The molecule has 0 aliphatic rings. The minimum Gasteiger partial charge on any atom is -0.508 e. The van der Waals surface area contributed by atoms with E-state index in [2.05, 4.69) is 0 Å². The highest BCUT2D eigenvalue weighted by Crippen LogP contribution is 2.17. The Hall–Kier alpha value is -1.36. The summed E-state index contributed by atoms with van der Waals surface area (Å²) < 4.78 is 11.8. The molecule has 0 saturated carbocycles. The van der Waals surface area contributed by atoms with Gasteiger partial charge in [0.25, 0.3) is 0 Å². The Labute approximate surface area is 90.0 Å². The van der Waals surface area contributed by atoms with Gasteiger partial charge in [-0.15, -0.1) is 0 Å². The van der Waals surface area contributed by atoms with Crippen LogP contribution in [0.1, 0.15) is 13.3 Å². The Bertz CT molecular complexity index is 372. The second-order valence-electron chi connectivity index (χ2n) is 3.20. The fourth-order valence-electron chi connectivity index (χ4n) is 1.13. The van der Waals surface area contributed by atoms with E-state index in [0.29, 0.717) is 4.90 Å². The van der Waals surface area contributed by atoms with Crippen molar-refractivity contribution in [2.24, 2.45) is 0 Å². The summed E-state index contributed by atoms with van der Waals surface area (Å²) in [5.74, 6) is -0.865. The third-order valence-electron chi connectivity index (χ3n) is 1.90. The first-order valence-electron chi connectivity index (χ1n) is 4.42. The zero-order valence-electron chi connectivity index (χ0n) is 8.21. The summed E-state index contributed by atoms with van der Waals surface area (Å²) in [5, 5.41) is 17.1. The van der Waals surface area contributed by atoms with Crippen LogP contribution in [0.3, 0.4) is 0 Å². The van der Waals surface area contributed by atoms with Crippen molar-refractivity contribution in [1.29, 1.82) is 0 Å². The fourth-order valence-corrected chi connectivity index (χ4v) is 2.30. The average molecular weight is 228 g/mol. The highest BCUT2D eigenvalue weighted by molar-refractivity contribution is 7.85. The smallest absolute Gasteiger partial charge is 0.304 e. The first-order chi connectivity index (χ1) is 7.00. The maximum absolute atomic E-state index is 11.8. The van der Waals surface area contributed by atoms with Gasteiger partial charge in [0.15, 0.2) is 0 Å². The third-order valence-corrected chi connectivity index (χ3v) is 3.53. The summed E-state index contributed by atoms with van der Waals surface area (Å²) in [6, 6.07) is 5.93. The van der Waals surface area contributed by atoms with Gasteiger partial charge in [-0.1, -0.05) is 0 Å². The molecule has 5 heteroatoms. The van der Waals surface area contributed by atoms with Crippen molar-refractivity contribution in [1.82, 2.24) is 0 Å². The molecule has 0 amide bonds. The SMILES string of the molecule is CC(CC(=O)O)S(=O)c1ccc(O)cc1. The predicted octanol–water partition coefficient (Wildman–Crippen LogP) is 1.36. The first-order valence-corrected chi connectivity index (χ1v) is 5.63. The number of carboxylic acids is 1. The highest BCUT2D eigenvalue weighted by atomic mass is 32.2. The fraction of sp³-hybridized carbons (Fsp3) is 0.300. The molecule has 2 unspecified atom stereocenters. The number of carboxylic acid groups (broad SMARTS) is 1. The molecule has 2 atom stereocenters. The lowest BCUT2D eigenvalue weighted by molar-refractivity contribution is -0.136. The van der Waals surface area contributed by atoms with E-state index in [1.807, 2.05) is 0 Å². The quantitative estimate of drug-likeness (QED) is 0.816. The molecule has 1 aromatic rings. The molecule has 0 saturated heterocycles. The largest absolute Gasteiger partial charge is 0.508 e. The molecule has 0 aliphatic carbocycles. The number of hydrogen-bond acceptors (Lipinski definition) is 3. The van der Waals surface area contributed by atoms with Gasteiger partial charge in [-0.2, -0.15) is 0 Å². The van der Waals surface area contributed by atoms with Gasteiger partial charge in [0.05, 0.1) is 17.2 Å². The summed E-state index contributed by atoms with van der Waals surface area (Å²) in [7, 11) is -1.35. The van der Waals surface area contributed by atoms with Gasteiger partial charge in [0.2, 0.25) is 0 Å². The lowest BCUT2D eigenvalue weighted by Gasteiger charge is -2.08. The van der Waals surface area contributed by atoms with Gasteiger partial charge in [0.1, 0.15) is 5.75 Å². The number of aromatic hydroxyl groups is 1. The highest BCUT2D eigenvalue weighted by Gasteiger charge is 2.16. The predicted molar refractivity (Wildman–Crippen MR) is 56.2 cm³/mol. The zero-order chi connectivity index (χ0) is 11.4. The van der Waals surface area contributed by atoms with Crippen LogP contribution in [0.25, 0.3) is 0 Å². The number of phenolic OH excluding ortho intramolecular Hbond substituents is 1. The molecule has 2 N–H and O–H groups in total. The van der Waals surface area contributed by atoms with E-state index >= 15 is 0 Å². The molecule has 4 nitrogen and oxygen atoms in total. The number of carbonyl (C=O) groups is 1. The maximum Gasteiger partial charge on any atom is 0.304 e. The van der Waals surface area contributed by atoms with Crippen molar-refractivity contribution in [3.63, 3.8) is 0 Å². The summed E-state index contributed by atoms with van der Waals surface area (Å²) in [6.07, 6.45) is -0.131. The molecule has 0 spiro atoms. The molecule has 0 heterocycles. The monoisotopic (exact) mass is 228 g/mol. The van der Waals surface area contributed by atoms with Gasteiger partial charge in [-0.05, 0) is 31.2 Å². The molecule has 1 rings (SSSR count). The van der Waals surface area contributed by atoms with Crippen LogP contribution >= 0.6 is 0 Å². The molecule has 0 aliphatic heterocycles. The van der Waals surface area contributed by atoms with Gasteiger partial charge >= 0.3 is 5.97 Å². The maximum atomic E-state index is 11.8. The average Bonchev–Trinajstić information content (AvgIpc) is 2.17. The van der Waals surface area contributed by atoms with Gasteiger partial charge in [-0.25, -0.2) is 0 Å². The molecule has 15 heavy (non-hydrogen) atoms. The van der Waals surface area contributed by atoms with Gasteiger partial charge in [0, 0.05) is 10.1 Å². The minimum absolute atomic E-state index is 0.0987. The molecular formula is C10H12O4S. The molecular weight excluding hydrogens is 216 g/mol. The molecule has 0 radical (unpaired) electrons. The van der Waals surface area contributed by atoms with E-state index in [1.54, 1.807) is 6.92 Å². The van der Waals surface area contributed by atoms with E-state index in [9.17, 15) is 9.00 Å². The van der Waals surface area contributed by atoms with Crippen molar-refractivity contribution < 1.29 is 19.2 Å². The first kappa shape index (κ1) is 11.7. The van der Waals surface area contributed by atoms with Crippen molar-refractivity contribution in [3.8, 4) is 5.75 Å². The van der Waals surface area contributed by atoms with E-state index in [1.165, 1.54) is 24.3 Å². The van der Waals surface area contributed by atoms with Crippen LogP contribution in [0.2, 0.25) is 0 Å². The lowest BCUT2D eigenvalue weighted by Crippen LogP contribution is -2.15. The van der Waals surface area contributed by atoms with E-state index in [4.69, 9.17) is 10.2 Å². The Morgan fingerprint density at radius 3 is 2.40 bits per heavy atom. The minimum atomic E-state index is -1.35. The number of benzene rings is 1. The Kier molecular flexibility index (Phi) is 3.85. The lowest BCUT2D eigenvalue weighted by atomic mass is 10.3. The number of aliphatic carboxylic acids is 1. The van der Waals surface area contributed by atoms with Crippen LogP contribution in [0.5, 0.6) is 5.75 Å². The van der Waals surface area contributed by atoms with Crippen molar-refractivity contribution in [2.75, 3.05) is 0 Å². The molecule has 0 aromatic heterocycles. The summed E-state index contributed by atoms with van der Waals surface area (Å²) in [5.41, 5.74) is 0. The Morgan fingerprint density at radius 1 is 1.40 bits per heavy atom. The standard InChI is InChI=1S/C10H12O4S/c1-7(6-10(12)13)15(14)9-4-2-8(11)3-5-9/h2-5,7,11H,6H2,1H3,(H,12,13). The second kappa shape index (κ2) is 4.93. The van der Waals surface area contributed by atoms with Crippen molar-refractivity contribution in [2.45, 2.75) is 23.5 Å². The Morgan fingerprint density at radius 2 is 1.93 bits per heavy atom. The third kappa shape index (κ3) is 3.36. The van der Waals surface area contributed by atoms with Gasteiger partial charge < -0.3 is 10.2 Å². The molecule has 0 bridgehead atoms. The summed E-state index contributed by atoms with van der Waals surface area (Å²) in [4.78, 5) is 11.0. The van der Waals surface area contributed by atoms with Gasteiger partial charge in [-0.3, -0.25) is 9.00 Å². The van der Waals surface area contributed by atoms with E-state index in [-0.39, 0.29) is 12.2 Å². The molecule has 82 valence electrons. The van der Waals surface area contributed by atoms with Crippen molar-refractivity contribution in [3.05, 3.63) is 24.3 Å². The second-order valence-corrected chi connectivity index (χ2v) is 5.07. The summed E-state index contributed by atoms with van der Waals surface area (Å²) >= 11 is 0. The summed E-state index contributed by atoms with van der Waals surface area (Å²) in [6.45, 7) is 1.62. The number of hydrogen-bond donors (Lipinski definition) is 2. The van der Waals surface area contributed by atoms with Crippen LogP contribution in [0.4, 0.5) is 0 Å². The number of rotatable bonds is 4. The Balaban J connectivity index is 2.76. The van der Waals surface area contributed by atoms with Crippen LogP contribution < -0.4 is 0 Å². The van der Waals surface area contributed by atoms with Crippen LogP contribution in [0.15, 0.2) is 29.2 Å². The normalized spacial score (nSPS) is 14.5. The number of phenols is 1. The van der Waals surface area contributed by atoms with Crippen molar-refractivity contribution >= 4 is 16.8 Å². The molecule has 1 aromatic carbocycles. The zero-order valence-corrected chi connectivity index (χ0v) is 9.03. The van der Waals surface area contributed by atoms with Crippen LogP contribution in [-0.4, -0.2) is 25.6 Å². The van der Waals surface area contributed by atoms with E-state index in [0.717, 1.165) is 0 Å². The topological polar surface area (TPSA) is 74.6 Å². The van der Waals surface area contributed by atoms with E-state index < -0.39 is 22.0 Å². The van der Waals surface area contributed by atoms with Crippen LogP contribution in [-0.2, 0) is 15.6 Å².